The second-order valence-corrected chi connectivity index (χ2v) is 2.86. The second kappa shape index (κ2) is 6.26. The van der Waals surface area contributed by atoms with Crippen LogP contribution in [0.3, 0.4) is 0 Å². The number of hydrogen-bond acceptors (Lipinski definition) is 3. The molecule has 0 aliphatic carbocycles. The van der Waals surface area contributed by atoms with Crippen LogP contribution in [-0.2, 0) is 14.4 Å². The number of unbranched alkanes of at least 4 members (excludes halogenated alkanes) is 2. The summed E-state index contributed by atoms with van der Waals surface area (Å²) in [5.74, 6) is -3.16. The van der Waals surface area contributed by atoms with Gasteiger partial charge in [-0.1, -0.05) is 19.8 Å². The van der Waals surface area contributed by atoms with Crippen molar-refractivity contribution in [2.75, 3.05) is 0 Å². The first-order valence-electron chi connectivity index (χ1n) is 4.44. The molecule has 0 saturated heterocycles. The molecule has 1 N–H and O–H groups in total. The minimum atomic E-state index is -5.04. The molecule has 0 rings (SSSR count). The first-order valence-corrected chi connectivity index (χ1v) is 4.44. The van der Waals surface area contributed by atoms with E-state index in [9.17, 15) is 22.8 Å². The molecule has 0 heterocycles. The third-order valence-electron chi connectivity index (χ3n) is 1.50. The van der Waals surface area contributed by atoms with E-state index in [1.807, 2.05) is 6.92 Å². The zero-order chi connectivity index (χ0) is 11.9. The van der Waals surface area contributed by atoms with Gasteiger partial charge >= 0.3 is 18.1 Å². The van der Waals surface area contributed by atoms with Crippen molar-refractivity contribution >= 4 is 11.9 Å². The lowest BCUT2D eigenvalue weighted by Crippen LogP contribution is -2.38. The van der Waals surface area contributed by atoms with Gasteiger partial charge in [0.1, 0.15) is 0 Å². The zero-order valence-corrected chi connectivity index (χ0v) is 8.19. The molecule has 88 valence electrons. The van der Waals surface area contributed by atoms with Crippen molar-refractivity contribution < 1.29 is 27.6 Å². The van der Waals surface area contributed by atoms with Gasteiger partial charge in [-0.2, -0.15) is 18.7 Å². The van der Waals surface area contributed by atoms with E-state index in [0.717, 1.165) is 18.3 Å². The minimum absolute atomic E-state index is 0.00796. The molecule has 0 bridgehead atoms. The van der Waals surface area contributed by atoms with Crippen molar-refractivity contribution in [1.82, 2.24) is 5.48 Å². The maximum atomic E-state index is 11.6. The third-order valence-corrected chi connectivity index (χ3v) is 1.50. The van der Waals surface area contributed by atoms with Crippen molar-refractivity contribution in [3.05, 3.63) is 0 Å². The number of hydroxylamine groups is 1. The number of carbonyl (C=O) groups excluding carboxylic acids is 2. The number of halogens is 3. The van der Waals surface area contributed by atoms with E-state index in [-0.39, 0.29) is 6.42 Å². The van der Waals surface area contributed by atoms with Crippen LogP contribution in [0.5, 0.6) is 0 Å². The van der Waals surface area contributed by atoms with Crippen LogP contribution in [0.4, 0.5) is 13.2 Å². The van der Waals surface area contributed by atoms with Gasteiger partial charge in [-0.3, -0.25) is 4.79 Å². The number of nitrogens with one attached hydrogen (secondary N) is 1. The van der Waals surface area contributed by atoms with Crippen molar-refractivity contribution in [2.24, 2.45) is 0 Å². The maximum Gasteiger partial charge on any atom is 0.474 e. The van der Waals surface area contributed by atoms with Gasteiger partial charge in [0.05, 0.1) is 0 Å². The maximum absolute atomic E-state index is 11.6. The van der Waals surface area contributed by atoms with Crippen LogP contribution in [0.25, 0.3) is 0 Å². The van der Waals surface area contributed by atoms with E-state index >= 15 is 0 Å². The molecule has 0 aliphatic rings. The SMILES string of the molecule is CCCCCC(=O)ONC(=O)C(F)(F)F. The Kier molecular flexibility index (Phi) is 5.73. The predicted octanol–water partition coefficient (Wildman–Crippen LogP) is 1.70. The highest BCUT2D eigenvalue weighted by atomic mass is 19.4. The lowest BCUT2D eigenvalue weighted by Gasteiger charge is -2.07. The largest absolute Gasteiger partial charge is 0.474 e. The monoisotopic (exact) mass is 227 g/mol. The van der Waals surface area contributed by atoms with Gasteiger partial charge in [-0.05, 0) is 6.42 Å². The Morgan fingerprint density at radius 2 is 1.87 bits per heavy atom. The minimum Gasteiger partial charge on any atom is -0.341 e. The van der Waals surface area contributed by atoms with Crippen molar-refractivity contribution in [3.8, 4) is 0 Å². The highest BCUT2D eigenvalue weighted by molar-refractivity contribution is 5.82. The molecule has 0 unspecified atom stereocenters. The average Bonchev–Trinajstić information content (AvgIpc) is 2.13. The molecular weight excluding hydrogens is 215 g/mol. The lowest BCUT2D eigenvalue weighted by atomic mass is 10.2. The summed E-state index contributed by atoms with van der Waals surface area (Å²) in [7, 11) is 0. The summed E-state index contributed by atoms with van der Waals surface area (Å²) >= 11 is 0. The molecule has 0 atom stereocenters. The van der Waals surface area contributed by atoms with Gasteiger partial charge in [0.25, 0.3) is 0 Å². The summed E-state index contributed by atoms with van der Waals surface area (Å²) in [6, 6.07) is 0. The van der Waals surface area contributed by atoms with Crippen LogP contribution in [0.1, 0.15) is 32.6 Å². The van der Waals surface area contributed by atoms with Gasteiger partial charge in [-0.15, -0.1) is 0 Å². The number of rotatable bonds is 4. The number of alkyl halides is 3. The molecule has 4 nitrogen and oxygen atoms in total. The molecule has 0 aromatic heterocycles. The number of hydrogen-bond donors (Lipinski definition) is 1. The van der Waals surface area contributed by atoms with Crippen molar-refractivity contribution in [1.29, 1.82) is 0 Å². The van der Waals surface area contributed by atoms with Gasteiger partial charge in [0, 0.05) is 6.42 Å². The van der Waals surface area contributed by atoms with Crippen LogP contribution < -0.4 is 5.48 Å². The molecule has 0 aromatic carbocycles. The van der Waals surface area contributed by atoms with E-state index in [0.29, 0.717) is 6.42 Å². The fraction of sp³-hybridized carbons (Fsp3) is 0.750. The van der Waals surface area contributed by atoms with E-state index in [4.69, 9.17) is 0 Å². The highest BCUT2D eigenvalue weighted by Crippen LogP contribution is 2.13. The molecule has 0 radical (unpaired) electrons. The van der Waals surface area contributed by atoms with Gasteiger partial charge < -0.3 is 4.84 Å². The van der Waals surface area contributed by atoms with Crippen molar-refractivity contribution in [2.45, 2.75) is 38.8 Å². The van der Waals surface area contributed by atoms with Gasteiger partial charge in [0.15, 0.2) is 0 Å². The first-order chi connectivity index (χ1) is 6.88. The predicted molar refractivity (Wildman–Crippen MR) is 44.4 cm³/mol. The lowest BCUT2D eigenvalue weighted by molar-refractivity contribution is -0.189. The van der Waals surface area contributed by atoms with E-state index in [1.54, 1.807) is 0 Å². The summed E-state index contributed by atoms with van der Waals surface area (Å²) in [5.41, 5.74) is 1.04. The van der Waals surface area contributed by atoms with Crippen LogP contribution in [0.2, 0.25) is 0 Å². The molecule has 7 heteroatoms. The van der Waals surface area contributed by atoms with Crippen LogP contribution >= 0.6 is 0 Å². The van der Waals surface area contributed by atoms with Crippen molar-refractivity contribution in [3.63, 3.8) is 0 Å². The second-order valence-electron chi connectivity index (χ2n) is 2.86. The van der Waals surface area contributed by atoms with Crippen LogP contribution in [0.15, 0.2) is 0 Å². The summed E-state index contributed by atoms with van der Waals surface area (Å²) in [5, 5.41) is 0. The number of carbonyl (C=O) groups is 2. The Hall–Kier alpha value is -1.27. The fourth-order valence-electron chi connectivity index (χ4n) is 0.731. The molecule has 0 fully saturated rings. The Morgan fingerprint density at radius 3 is 2.33 bits per heavy atom. The molecule has 0 aliphatic heterocycles. The van der Waals surface area contributed by atoms with Gasteiger partial charge in [-0.25, -0.2) is 4.79 Å². The number of amides is 1. The summed E-state index contributed by atoms with van der Waals surface area (Å²) in [6.07, 6.45) is -2.86. The molecular formula is C8H12F3NO3. The first kappa shape index (κ1) is 13.7. The average molecular weight is 227 g/mol. The third kappa shape index (κ3) is 6.75. The normalized spacial score (nSPS) is 10.9. The summed E-state index contributed by atoms with van der Waals surface area (Å²) in [6.45, 7) is 1.91. The van der Waals surface area contributed by atoms with Crippen LogP contribution in [-0.4, -0.2) is 18.1 Å². The van der Waals surface area contributed by atoms with E-state index in [2.05, 4.69) is 4.84 Å². The quantitative estimate of drug-likeness (QED) is 0.587. The molecule has 0 saturated carbocycles. The molecule has 15 heavy (non-hydrogen) atoms. The Bertz CT molecular complexity index is 228. The Balaban J connectivity index is 3.67. The standard InChI is InChI=1S/C8H12F3NO3/c1-2-3-4-5-6(13)15-12-7(14)8(9,10)11/h2-5H2,1H3,(H,12,14). The summed E-state index contributed by atoms with van der Waals surface area (Å²) in [4.78, 5) is 24.8. The summed E-state index contributed by atoms with van der Waals surface area (Å²) < 4.78 is 34.8. The smallest absolute Gasteiger partial charge is 0.341 e. The Morgan fingerprint density at radius 1 is 1.27 bits per heavy atom. The zero-order valence-electron chi connectivity index (χ0n) is 8.19. The highest BCUT2D eigenvalue weighted by Gasteiger charge is 2.39. The fourth-order valence-corrected chi connectivity index (χ4v) is 0.731. The molecule has 1 amide bonds. The van der Waals surface area contributed by atoms with E-state index < -0.39 is 18.1 Å². The van der Waals surface area contributed by atoms with Gasteiger partial charge in [0.2, 0.25) is 0 Å². The molecule has 0 spiro atoms. The molecule has 0 aromatic rings. The van der Waals surface area contributed by atoms with Crippen LogP contribution in [0, 0.1) is 0 Å². The van der Waals surface area contributed by atoms with E-state index in [1.165, 1.54) is 0 Å². The Labute approximate surface area is 84.7 Å². The topological polar surface area (TPSA) is 55.4 Å².